The van der Waals surface area contributed by atoms with Crippen LogP contribution in [0.4, 0.5) is 4.39 Å². The van der Waals surface area contributed by atoms with Gasteiger partial charge in [0.1, 0.15) is 17.3 Å². The molecule has 3 rings (SSSR count). The predicted octanol–water partition coefficient (Wildman–Crippen LogP) is 4.82. The van der Waals surface area contributed by atoms with E-state index in [9.17, 15) is 9.18 Å². The van der Waals surface area contributed by atoms with Gasteiger partial charge < -0.3 is 19.3 Å². The summed E-state index contributed by atoms with van der Waals surface area (Å²) in [7, 11) is 0. The number of rotatable bonds is 10. The first kappa shape index (κ1) is 22.2. The van der Waals surface area contributed by atoms with Crippen molar-refractivity contribution in [3.63, 3.8) is 0 Å². The van der Waals surface area contributed by atoms with Crippen molar-refractivity contribution in [3.05, 3.63) is 77.7 Å². The number of carboxylic acids is 1. The van der Waals surface area contributed by atoms with Crippen LogP contribution in [0, 0.1) is 12.7 Å². The maximum atomic E-state index is 13.2. The number of aromatic nitrogens is 1. The van der Waals surface area contributed by atoms with Crippen LogP contribution in [0.1, 0.15) is 24.3 Å². The summed E-state index contributed by atoms with van der Waals surface area (Å²) in [5, 5.41) is 8.78. The van der Waals surface area contributed by atoms with Crippen molar-refractivity contribution in [1.82, 2.24) is 4.98 Å². The quantitative estimate of drug-likeness (QED) is 0.502. The van der Waals surface area contributed by atoms with Crippen molar-refractivity contribution in [1.29, 1.82) is 0 Å². The minimum Gasteiger partial charge on any atom is -0.482 e. The highest BCUT2D eigenvalue weighted by Gasteiger charge is 2.17. The molecule has 0 fully saturated rings. The Kier molecular flexibility index (Phi) is 7.56. The van der Waals surface area contributed by atoms with Gasteiger partial charge in [-0.15, -0.1) is 0 Å². The van der Waals surface area contributed by atoms with Crippen LogP contribution in [0.2, 0.25) is 0 Å². The van der Waals surface area contributed by atoms with Crippen LogP contribution in [0.5, 0.6) is 11.5 Å². The largest absolute Gasteiger partial charge is 0.482 e. The SMILES string of the molecule is CCOCC(Oc1ccc(OCC(=O)O)c(C)c1)c1cccc(-c2ccc(F)cc2)n1. The molecule has 0 aliphatic heterocycles. The van der Waals surface area contributed by atoms with Gasteiger partial charge in [0.2, 0.25) is 0 Å². The highest BCUT2D eigenvalue weighted by Crippen LogP contribution is 2.28. The Morgan fingerprint density at radius 2 is 1.90 bits per heavy atom. The van der Waals surface area contributed by atoms with E-state index in [0.29, 0.717) is 36.1 Å². The van der Waals surface area contributed by atoms with Crippen molar-refractivity contribution < 1.29 is 28.5 Å². The van der Waals surface area contributed by atoms with Crippen LogP contribution in [-0.4, -0.2) is 35.9 Å². The van der Waals surface area contributed by atoms with Gasteiger partial charge in [-0.25, -0.2) is 14.2 Å². The van der Waals surface area contributed by atoms with Gasteiger partial charge in [-0.3, -0.25) is 0 Å². The fourth-order valence-electron chi connectivity index (χ4n) is 2.98. The minimum atomic E-state index is -1.04. The van der Waals surface area contributed by atoms with E-state index in [1.165, 1.54) is 12.1 Å². The smallest absolute Gasteiger partial charge is 0.341 e. The van der Waals surface area contributed by atoms with Gasteiger partial charge in [0.25, 0.3) is 0 Å². The normalized spacial score (nSPS) is 11.7. The van der Waals surface area contributed by atoms with E-state index in [1.54, 1.807) is 30.3 Å². The average Bonchev–Trinajstić information content (AvgIpc) is 2.76. The van der Waals surface area contributed by atoms with Gasteiger partial charge in [-0.2, -0.15) is 0 Å². The van der Waals surface area contributed by atoms with Crippen molar-refractivity contribution in [3.8, 4) is 22.8 Å². The van der Waals surface area contributed by atoms with Crippen molar-refractivity contribution >= 4 is 5.97 Å². The lowest BCUT2D eigenvalue weighted by molar-refractivity contribution is -0.139. The summed E-state index contributed by atoms with van der Waals surface area (Å²) in [5.74, 6) is -0.279. The Morgan fingerprint density at radius 3 is 2.58 bits per heavy atom. The molecule has 162 valence electrons. The Morgan fingerprint density at radius 1 is 1.13 bits per heavy atom. The number of aliphatic carboxylic acids is 1. The molecule has 1 atom stereocenters. The number of pyridine rings is 1. The summed E-state index contributed by atoms with van der Waals surface area (Å²) in [6, 6.07) is 16.9. The summed E-state index contributed by atoms with van der Waals surface area (Å²) < 4.78 is 30.3. The standard InChI is InChI=1S/C24H24FNO5/c1-3-29-14-23(31-19-11-12-22(16(2)13-19)30-15-24(27)28)21-6-4-5-20(26-21)17-7-9-18(25)10-8-17/h4-13,23H,3,14-15H2,1-2H3,(H,27,28). The Hall–Kier alpha value is -3.45. The zero-order valence-corrected chi connectivity index (χ0v) is 17.4. The fourth-order valence-corrected chi connectivity index (χ4v) is 2.98. The molecule has 31 heavy (non-hydrogen) atoms. The highest BCUT2D eigenvalue weighted by molar-refractivity contribution is 5.68. The third-order valence-electron chi connectivity index (χ3n) is 4.49. The molecule has 0 spiro atoms. The lowest BCUT2D eigenvalue weighted by Crippen LogP contribution is -2.16. The van der Waals surface area contributed by atoms with E-state index in [4.69, 9.17) is 24.3 Å². The zero-order chi connectivity index (χ0) is 22.2. The number of ether oxygens (including phenoxy) is 3. The molecule has 3 aromatic rings. The number of hydrogen-bond acceptors (Lipinski definition) is 5. The molecule has 0 saturated carbocycles. The summed E-state index contributed by atoms with van der Waals surface area (Å²) in [5.41, 5.74) is 2.94. The lowest BCUT2D eigenvalue weighted by Gasteiger charge is -2.20. The van der Waals surface area contributed by atoms with Crippen LogP contribution in [0.15, 0.2) is 60.7 Å². The third-order valence-corrected chi connectivity index (χ3v) is 4.49. The monoisotopic (exact) mass is 425 g/mol. The van der Waals surface area contributed by atoms with Crippen LogP contribution in [0.25, 0.3) is 11.3 Å². The number of nitrogens with zero attached hydrogens (tertiary/aromatic N) is 1. The van der Waals surface area contributed by atoms with E-state index < -0.39 is 18.7 Å². The van der Waals surface area contributed by atoms with Gasteiger partial charge in [0.15, 0.2) is 12.7 Å². The molecular weight excluding hydrogens is 401 g/mol. The number of carboxylic acid groups (broad SMARTS) is 1. The first-order valence-electron chi connectivity index (χ1n) is 9.88. The maximum absolute atomic E-state index is 13.2. The molecular formula is C24H24FNO5. The number of carbonyl (C=O) groups is 1. The number of benzene rings is 2. The van der Waals surface area contributed by atoms with Crippen LogP contribution >= 0.6 is 0 Å². The molecule has 0 aliphatic carbocycles. The molecule has 0 aliphatic rings. The van der Waals surface area contributed by atoms with E-state index in [-0.39, 0.29) is 5.82 Å². The molecule has 1 unspecified atom stereocenters. The second-order valence-corrected chi connectivity index (χ2v) is 6.83. The van der Waals surface area contributed by atoms with E-state index >= 15 is 0 Å². The van der Waals surface area contributed by atoms with E-state index in [1.807, 2.05) is 32.0 Å². The minimum absolute atomic E-state index is 0.298. The van der Waals surface area contributed by atoms with Gasteiger partial charge >= 0.3 is 5.97 Å². The third kappa shape index (κ3) is 6.26. The Labute approximate surface area is 180 Å². The van der Waals surface area contributed by atoms with Crippen LogP contribution < -0.4 is 9.47 Å². The van der Waals surface area contributed by atoms with Gasteiger partial charge in [0.05, 0.1) is 18.0 Å². The van der Waals surface area contributed by atoms with Crippen LogP contribution in [-0.2, 0) is 9.53 Å². The van der Waals surface area contributed by atoms with E-state index in [0.717, 1.165) is 11.1 Å². The van der Waals surface area contributed by atoms with E-state index in [2.05, 4.69) is 0 Å². The molecule has 6 nitrogen and oxygen atoms in total. The Balaban J connectivity index is 1.82. The molecule has 0 radical (unpaired) electrons. The summed E-state index contributed by atoms with van der Waals surface area (Å²) in [6.07, 6.45) is -0.467. The molecule has 1 aromatic heterocycles. The van der Waals surface area contributed by atoms with Gasteiger partial charge in [-0.05, 0) is 74.0 Å². The topological polar surface area (TPSA) is 77.9 Å². The zero-order valence-electron chi connectivity index (χ0n) is 17.4. The molecule has 1 heterocycles. The maximum Gasteiger partial charge on any atom is 0.341 e. The van der Waals surface area contributed by atoms with Crippen molar-refractivity contribution in [2.75, 3.05) is 19.8 Å². The molecule has 0 amide bonds. The highest BCUT2D eigenvalue weighted by atomic mass is 19.1. The second kappa shape index (κ2) is 10.5. The van der Waals surface area contributed by atoms with Gasteiger partial charge in [-0.1, -0.05) is 6.07 Å². The van der Waals surface area contributed by atoms with Crippen LogP contribution in [0.3, 0.4) is 0 Å². The predicted molar refractivity (Wildman–Crippen MR) is 114 cm³/mol. The summed E-state index contributed by atoms with van der Waals surface area (Å²) >= 11 is 0. The summed E-state index contributed by atoms with van der Waals surface area (Å²) in [4.78, 5) is 15.4. The number of hydrogen-bond donors (Lipinski definition) is 1. The molecule has 1 N–H and O–H groups in total. The van der Waals surface area contributed by atoms with Gasteiger partial charge in [0, 0.05) is 12.2 Å². The first-order valence-corrected chi connectivity index (χ1v) is 9.88. The Bertz CT molecular complexity index is 1020. The second-order valence-electron chi connectivity index (χ2n) is 6.83. The lowest BCUT2D eigenvalue weighted by atomic mass is 10.1. The molecule has 0 saturated heterocycles. The molecule has 0 bridgehead atoms. The summed E-state index contributed by atoms with van der Waals surface area (Å²) in [6.45, 7) is 4.13. The first-order chi connectivity index (χ1) is 15.0. The van der Waals surface area contributed by atoms with Crippen molar-refractivity contribution in [2.45, 2.75) is 20.0 Å². The average molecular weight is 425 g/mol. The van der Waals surface area contributed by atoms with Crippen molar-refractivity contribution in [2.24, 2.45) is 0 Å². The number of aryl methyl sites for hydroxylation is 1. The molecule has 7 heteroatoms. The number of halogens is 1. The molecule has 2 aromatic carbocycles. The fraction of sp³-hybridized carbons (Fsp3) is 0.250.